The molecule has 1 saturated carbocycles. The van der Waals surface area contributed by atoms with Crippen LogP contribution in [0.3, 0.4) is 0 Å². The van der Waals surface area contributed by atoms with Gasteiger partial charge < -0.3 is 10.2 Å². The molecule has 20 heavy (non-hydrogen) atoms. The normalized spacial score (nSPS) is 29.1. The van der Waals surface area contributed by atoms with Crippen molar-refractivity contribution in [2.75, 3.05) is 26.7 Å². The molecule has 3 atom stereocenters. The lowest BCUT2D eigenvalue weighted by molar-refractivity contribution is 0.0717. The van der Waals surface area contributed by atoms with Gasteiger partial charge in [-0.3, -0.25) is 0 Å². The Balaban J connectivity index is 2.63. The molecule has 1 rings (SSSR count). The Hall–Kier alpha value is -0.0800. The van der Waals surface area contributed by atoms with Gasteiger partial charge in [-0.1, -0.05) is 40.5 Å². The summed E-state index contributed by atoms with van der Waals surface area (Å²) in [4.78, 5) is 2.62. The number of nitrogens with one attached hydrogen (secondary N) is 1. The molecule has 120 valence electrons. The topological polar surface area (TPSA) is 15.3 Å². The Kier molecular flexibility index (Phi) is 7.53. The van der Waals surface area contributed by atoms with E-state index in [1.165, 1.54) is 45.2 Å². The maximum Gasteiger partial charge on any atom is 0.00665 e. The number of nitrogens with zero attached hydrogens (tertiary/aromatic N) is 1. The van der Waals surface area contributed by atoms with Crippen molar-refractivity contribution >= 4 is 0 Å². The molecule has 3 unspecified atom stereocenters. The van der Waals surface area contributed by atoms with E-state index < -0.39 is 0 Å². The first-order chi connectivity index (χ1) is 9.38. The fourth-order valence-electron chi connectivity index (χ4n) is 4.07. The smallest absolute Gasteiger partial charge is 0.00665 e. The average molecular weight is 283 g/mol. The Labute approximate surface area is 127 Å². The zero-order chi connectivity index (χ0) is 15.2. The van der Waals surface area contributed by atoms with Crippen molar-refractivity contribution in [3.8, 4) is 0 Å². The quantitative estimate of drug-likeness (QED) is 0.719. The van der Waals surface area contributed by atoms with Gasteiger partial charge in [0.25, 0.3) is 0 Å². The van der Waals surface area contributed by atoms with Crippen LogP contribution in [-0.4, -0.2) is 37.6 Å². The van der Waals surface area contributed by atoms with Gasteiger partial charge in [0.1, 0.15) is 0 Å². The highest BCUT2D eigenvalue weighted by molar-refractivity contribution is 4.90. The first kappa shape index (κ1) is 18.0. The molecule has 0 aliphatic heterocycles. The molecule has 1 aliphatic rings. The van der Waals surface area contributed by atoms with Gasteiger partial charge in [0.05, 0.1) is 0 Å². The summed E-state index contributed by atoms with van der Waals surface area (Å²) in [6, 6.07) is 0.700. The van der Waals surface area contributed by atoms with E-state index in [0.29, 0.717) is 11.5 Å². The monoisotopic (exact) mass is 282 g/mol. The van der Waals surface area contributed by atoms with E-state index in [-0.39, 0.29) is 0 Å². The molecule has 0 amide bonds. The van der Waals surface area contributed by atoms with E-state index in [4.69, 9.17) is 0 Å². The summed E-state index contributed by atoms with van der Waals surface area (Å²) in [5.74, 6) is 1.69. The van der Waals surface area contributed by atoms with Gasteiger partial charge in [-0.25, -0.2) is 0 Å². The molecule has 2 heteroatoms. The lowest BCUT2D eigenvalue weighted by Crippen LogP contribution is -2.48. The van der Waals surface area contributed by atoms with Gasteiger partial charge in [0.15, 0.2) is 0 Å². The zero-order valence-corrected chi connectivity index (χ0v) is 14.8. The maximum absolute atomic E-state index is 3.64. The summed E-state index contributed by atoms with van der Waals surface area (Å²) in [7, 11) is 2.33. The molecule has 1 fully saturated rings. The minimum Gasteiger partial charge on any atom is -0.316 e. The lowest BCUT2D eigenvalue weighted by atomic mass is 9.69. The van der Waals surface area contributed by atoms with Gasteiger partial charge in [0, 0.05) is 19.1 Å². The van der Waals surface area contributed by atoms with Gasteiger partial charge >= 0.3 is 0 Å². The van der Waals surface area contributed by atoms with E-state index in [9.17, 15) is 0 Å². The van der Waals surface area contributed by atoms with Crippen LogP contribution in [0.5, 0.6) is 0 Å². The molecule has 0 aromatic heterocycles. The molecule has 0 aromatic carbocycles. The van der Waals surface area contributed by atoms with Crippen LogP contribution in [-0.2, 0) is 0 Å². The van der Waals surface area contributed by atoms with E-state index >= 15 is 0 Å². The third-order valence-electron chi connectivity index (χ3n) is 5.09. The van der Waals surface area contributed by atoms with E-state index in [1.54, 1.807) is 0 Å². The second-order valence-electron chi connectivity index (χ2n) is 7.88. The average Bonchev–Trinajstić information content (AvgIpc) is 2.35. The lowest BCUT2D eigenvalue weighted by Gasteiger charge is -2.44. The summed E-state index contributed by atoms with van der Waals surface area (Å²) in [5, 5.41) is 3.64. The third kappa shape index (κ3) is 5.73. The Morgan fingerprint density at radius 1 is 1.30 bits per heavy atom. The molecule has 1 N–H and O–H groups in total. The number of hydrogen-bond acceptors (Lipinski definition) is 2. The minimum atomic E-state index is 0.508. The highest BCUT2D eigenvalue weighted by Gasteiger charge is 2.36. The molecule has 0 heterocycles. The fourth-order valence-corrected chi connectivity index (χ4v) is 4.07. The highest BCUT2D eigenvalue weighted by Crippen LogP contribution is 2.39. The van der Waals surface area contributed by atoms with Gasteiger partial charge in [-0.15, -0.1) is 0 Å². The van der Waals surface area contributed by atoms with Crippen molar-refractivity contribution in [1.82, 2.24) is 10.2 Å². The molecule has 0 saturated heterocycles. The Morgan fingerprint density at radius 3 is 2.55 bits per heavy atom. The molecular weight excluding hydrogens is 244 g/mol. The number of hydrogen-bond donors (Lipinski definition) is 1. The Bertz CT molecular complexity index is 264. The second-order valence-corrected chi connectivity index (χ2v) is 7.88. The van der Waals surface area contributed by atoms with Gasteiger partial charge in [0.2, 0.25) is 0 Å². The summed E-state index contributed by atoms with van der Waals surface area (Å²) in [6.07, 6.45) is 6.96. The van der Waals surface area contributed by atoms with Crippen LogP contribution in [0.2, 0.25) is 0 Å². The maximum atomic E-state index is 3.64. The predicted octanol–water partition coefficient (Wildman–Crippen LogP) is 4.16. The minimum absolute atomic E-state index is 0.508. The predicted molar refractivity (Wildman–Crippen MR) is 90.2 cm³/mol. The molecule has 0 aromatic rings. The van der Waals surface area contributed by atoms with Crippen LogP contribution < -0.4 is 5.32 Å². The van der Waals surface area contributed by atoms with Crippen molar-refractivity contribution in [3.05, 3.63) is 0 Å². The largest absolute Gasteiger partial charge is 0.316 e. The molecule has 1 aliphatic carbocycles. The van der Waals surface area contributed by atoms with E-state index in [0.717, 1.165) is 18.4 Å². The molecule has 0 bridgehead atoms. The summed E-state index contributed by atoms with van der Waals surface area (Å²) in [5.41, 5.74) is 0.508. The van der Waals surface area contributed by atoms with Crippen molar-refractivity contribution in [1.29, 1.82) is 0 Å². The summed E-state index contributed by atoms with van der Waals surface area (Å²) >= 11 is 0. The summed E-state index contributed by atoms with van der Waals surface area (Å²) in [6.45, 7) is 15.3. The van der Waals surface area contributed by atoms with Crippen LogP contribution in [0.1, 0.15) is 66.7 Å². The standard InChI is InChI=1S/C18H38N2/c1-7-19-13-18(10-8-9-16(4)12-18)14-20(6)17(5)11-15(2)3/h15-17,19H,7-14H2,1-6H3. The van der Waals surface area contributed by atoms with E-state index in [1.807, 2.05) is 0 Å². The summed E-state index contributed by atoms with van der Waals surface area (Å²) < 4.78 is 0. The van der Waals surface area contributed by atoms with Crippen molar-refractivity contribution in [2.45, 2.75) is 72.8 Å². The van der Waals surface area contributed by atoms with Crippen molar-refractivity contribution < 1.29 is 0 Å². The van der Waals surface area contributed by atoms with Crippen LogP contribution in [0.25, 0.3) is 0 Å². The molecule has 2 nitrogen and oxygen atoms in total. The third-order valence-corrected chi connectivity index (χ3v) is 5.09. The van der Waals surface area contributed by atoms with Crippen LogP contribution in [0.4, 0.5) is 0 Å². The first-order valence-electron chi connectivity index (χ1n) is 8.79. The second kappa shape index (κ2) is 8.38. The van der Waals surface area contributed by atoms with Crippen molar-refractivity contribution in [2.24, 2.45) is 17.3 Å². The van der Waals surface area contributed by atoms with Gasteiger partial charge in [-0.05, 0) is 57.0 Å². The zero-order valence-electron chi connectivity index (χ0n) is 14.8. The number of rotatable bonds is 8. The van der Waals surface area contributed by atoms with E-state index in [2.05, 4.69) is 51.9 Å². The molecule has 0 spiro atoms. The Morgan fingerprint density at radius 2 is 2.00 bits per heavy atom. The van der Waals surface area contributed by atoms with Gasteiger partial charge in [-0.2, -0.15) is 0 Å². The van der Waals surface area contributed by atoms with Crippen LogP contribution in [0.15, 0.2) is 0 Å². The molecular formula is C18H38N2. The highest BCUT2D eigenvalue weighted by atomic mass is 15.1. The van der Waals surface area contributed by atoms with Crippen LogP contribution >= 0.6 is 0 Å². The SMILES string of the molecule is CCNCC1(CN(C)C(C)CC(C)C)CCCC(C)C1. The van der Waals surface area contributed by atoms with Crippen LogP contribution in [0, 0.1) is 17.3 Å². The fraction of sp³-hybridized carbons (Fsp3) is 1.00. The molecule has 0 radical (unpaired) electrons. The van der Waals surface area contributed by atoms with Crippen molar-refractivity contribution in [3.63, 3.8) is 0 Å². The first-order valence-corrected chi connectivity index (χ1v) is 8.79.